The van der Waals surface area contributed by atoms with Gasteiger partial charge >= 0.3 is 6.18 Å². The first kappa shape index (κ1) is 22.4. The van der Waals surface area contributed by atoms with Gasteiger partial charge in [-0.25, -0.2) is 4.39 Å². The smallest absolute Gasteiger partial charge is 0.337 e. The van der Waals surface area contributed by atoms with E-state index in [1.165, 1.54) is 24.0 Å². The molecule has 32 heavy (non-hydrogen) atoms. The van der Waals surface area contributed by atoms with Crippen molar-refractivity contribution in [2.75, 3.05) is 7.05 Å². The van der Waals surface area contributed by atoms with Crippen molar-refractivity contribution < 1.29 is 22.4 Å². The van der Waals surface area contributed by atoms with Crippen LogP contribution in [0.3, 0.4) is 0 Å². The van der Waals surface area contributed by atoms with E-state index in [9.17, 15) is 22.4 Å². The second-order valence-corrected chi connectivity index (χ2v) is 8.45. The largest absolute Gasteiger partial charge is 0.431 e. The number of nitrogens with zero attached hydrogens (tertiary/aromatic N) is 2. The second-order valence-electron chi connectivity index (χ2n) is 8.04. The van der Waals surface area contributed by atoms with Gasteiger partial charge in [0.05, 0.1) is 5.02 Å². The van der Waals surface area contributed by atoms with Gasteiger partial charge in [0.25, 0.3) is 5.91 Å². The van der Waals surface area contributed by atoms with Crippen LogP contribution in [-0.2, 0) is 12.7 Å². The molecule has 0 aliphatic heterocycles. The van der Waals surface area contributed by atoms with E-state index in [2.05, 4.69) is 0 Å². The lowest BCUT2D eigenvalue weighted by Gasteiger charge is -2.21. The molecular weight excluding hydrogens is 444 g/mol. The normalized spacial score (nSPS) is 14.0. The minimum atomic E-state index is -4.71. The number of carbonyl (C=O) groups excluding carboxylic acids is 1. The SMILES string of the molecule is Cc1c(-c2ccc(Cl)c(F)c2)c(C(=O)N(C)C2CC2)n(Cc2ccccc2)c1C(F)(F)F. The number of benzene rings is 2. The highest BCUT2D eigenvalue weighted by molar-refractivity contribution is 6.30. The molecule has 0 N–H and O–H groups in total. The van der Waals surface area contributed by atoms with Crippen molar-refractivity contribution in [1.29, 1.82) is 0 Å². The van der Waals surface area contributed by atoms with Crippen molar-refractivity contribution in [2.24, 2.45) is 0 Å². The molecule has 0 unspecified atom stereocenters. The van der Waals surface area contributed by atoms with Crippen LogP contribution in [0.5, 0.6) is 0 Å². The van der Waals surface area contributed by atoms with E-state index in [0.717, 1.165) is 23.5 Å². The molecule has 3 nitrogen and oxygen atoms in total. The van der Waals surface area contributed by atoms with Crippen molar-refractivity contribution in [3.05, 3.63) is 81.9 Å². The van der Waals surface area contributed by atoms with Gasteiger partial charge in [0.15, 0.2) is 0 Å². The zero-order chi connectivity index (χ0) is 23.2. The summed E-state index contributed by atoms with van der Waals surface area (Å²) in [6.07, 6.45) is -3.11. The summed E-state index contributed by atoms with van der Waals surface area (Å²) in [5.74, 6) is -1.28. The molecule has 3 aromatic rings. The number of halogens is 5. The fraction of sp³-hybridized carbons (Fsp3) is 0.292. The fourth-order valence-electron chi connectivity index (χ4n) is 4.06. The molecule has 0 radical (unpaired) electrons. The van der Waals surface area contributed by atoms with Crippen LogP contribution in [0.1, 0.15) is 40.2 Å². The number of hydrogen-bond acceptors (Lipinski definition) is 1. The summed E-state index contributed by atoms with van der Waals surface area (Å²) < 4.78 is 58.1. The molecule has 1 fully saturated rings. The van der Waals surface area contributed by atoms with Crippen LogP contribution in [0.15, 0.2) is 48.5 Å². The first-order valence-corrected chi connectivity index (χ1v) is 10.5. The average Bonchev–Trinajstić information content (AvgIpc) is 3.53. The predicted molar refractivity (Wildman–Crippen MR) is 115 cm³/mol. The van der Waals surface area contributed by atoms with Gasteiger partial charge in [0.1, 0.15) is 17.2 Å². The van der Waals surface area contributed by atoms with Crippen molar-refractivity contribution in [3.8, 4) is 11.1 Å². The first-order valence-electron chi connectivity index (χ1n) is 10.2. The third kappa shape index (κ3) is 4.13. The highest BCUT2D eigenvalue weighted by atomic mass is 35.5. The van der Waals surface area contributed by atoms with Crippen LogP contribution in [0, 0.1) is 12.7 Å². The van der Waals surface area contributed by atoms with Crippen molar-refractivity contribution in [3.63, 3.8) is 0 Å². The molecule has 0 saturated heterocycles. The Bertz CT molecular complexity index is 1170. The average molecular weight is 465 g/mol. The molecule has 4 rings (SSSR count). The van der Waals surface area contributed by atoms with E-state index in [-0.39, 0.29) is 40.0 Å². The Hall–Kier alpha value is -2.80. The highest BCUT2D eigenvalue weighted by Gasteiger charge is 2.42. The highest BCUT2D eigenvalue weighted by Crippen LogP contribution is 2.42. The van der Waals surface area contributed by atoms with Crippen LogP contribution < -0.4 is 0 Å². The number of rotatable bonds is 5. The van der Waals surface area contributed by atoms with Crippen LogP contribution in [-0.4, -0.2) is 28.5 Å². The maximum atomic E-state index is 14.3. The van der Waals surface area contributed by atoms with Crippen LogP contribution in [0.2, 0.25) is 5.02 Å². The van der Waals surface area contributed by atoms with Crippen molar-refractivity contribution in [1.82, 2.24) is 9.47 Å². The lowest BCUT2D eigenvalue weighted by Crippen LogP contribution is -2.32. The maximum Gasteiger partial charge on any atom is 0.431 e. The zero-order valence-corrected chi connectivity index (χ0v) is 18.3. The topological polar surface area (TPSA) is 25.2 Å². The monoisotopic (exact) mass is 464 g/mol. The summed E-state index contributed by atoms with van der Waals surface area (Å²) in [5.41, 5.74) is -0.280. The van der Waals surface area contributed by atoms with E-state index in [0.29, 0.717) is 5.56 Å². The van der Waals surface area contributed by atoms with Gasteiger partial charge in [-0.2, -0.15) is 13.2 Å². The lowest BCUT2D eigenvalue weighted by molar-refractivity contribution is -0.143. The van der Waals surface area contributed by atoms with Gasteiger partial charge in [-0.1, -0.05) is 48.0 Å². The quantitative estimate of drug-likeness (QED) is 0.393. The number of aromatic nitrogens is 1. The number of alkyl halides is 3. The summed E-state index contributed by atoms with van der Waals surface area (Å²) in [6, 6.07) is 12.4. The van der Waals surface area contributed by atoms with Crippen molar-refractivity contribution in [2.45, 2.75) is 38.5 Å². The lowest BCUT2D eigenvalue weighted by atomic mass is 10.00. The summed E-state index contributed by atoms with van der Waals surface area (Å²) in [5, 5.41) is -0.144. The fourth-order valence-corrected chi connectivity index (χ4v) is 4.17. The molecule has 1 heterocycles. The Morgan fingerprint density at radius 2 is 1.81 bits per heavy atom. The van der Waals surface area contributed by atoms with E-state index >= 15 is 0 Å². The molecule has 1 aliphatic carbocycles. The standard InChI is InChI=1S/C24H21ClF4N2O/c1-14-20(16-8-11-18(25)19(26)12-16)21(23(32)30(2)17-9-10-17)31(22(14)24(27,28)29)13-15-6-4-3-5-7-15/h3-8,11-12,17H,9-10,13H2,1-2H3. The molecule has 1 amide bonds. The summed E-state index contributed by atoms with van der Waals surface area (Å²) >= 11 is 5.79. The zero-order valence-electron chi connectivity index (χ0n) is 17.5. The number of amides is 1. The van der Waals surface area contributed by atoms with E-state index in [1.54, 1.807) is 37.4 Å². The Labute approximate surface area is 188 Å². The number of hydrogen-bond donors (Lipinski definition) is 0. The molecule has 2 aromatic carbocycles. The Morgan fingerprint density at radius 3 is 2.38 bits per heavy atom. The van der Waals surface area contributed by atoms with Crippen molar-refractivity contribution >= 4 is 17.5 Å². The van der Waals surface area contributed by atoms with Gasteiger partial charge in [0, 0.05) is 25.2 Å². The molecular formula is C24H21ClF4N2O. The second kappa shape index (κ2) is 8.28. The molecule has 168 valence electrons. The van der Waals surface area contributed by atoms with E-state index in [1.807, 2.05) is 0 Å². The van der Waals surface area contributed by atoms with Gasteiger partial charge < -0.3 is 9.47 Å². The van der Waals surface area contributed by atoms with Gasteiger partial charge in [-0.3, -0.25) is 4.79 Å². The predicted octanol–water partition coefficient (Wildman–Crippen LogP) is 6.56. The molecule has 1 saturated carbocycles. The minimum Gasteiger partial charge on any atom is -0.337 e. The molecule has 8 heteroatoms. The third-order valence-corrected chi connectivity index (χ3v) is 6.09. The van der Waals surface area contributed by atoms with Crippen LogP contribution in [0.25, 0.3) is 11.1 Å². The Kier molecular flexibility index (Phi) is 5.79. The Balaban J connectivity index is 2.01. The Morgan fingerprint density at radius 1 is 1.16 bits per heavy atom. The number of carbonyl (C=O) groups is 1. The maximum absolute atomic E-state index is 14.3. The summed E-state index contributed by atoms with van der Waals surface area (Å²) in [4.78, 5) is 15.0. The molecule has 1 aliphatic rings. The van der Waals surface area contributed by atoms with E-state index < -0.39 is 23.6 Å². The summed E-state index contributed by atoms with van der Waals surface area (Å²) in [7, 11) is 1.59. The molecule has 0 bridgehead atoms. The van der Waals surface area contributed by atoms with Gasteiger partial charge in [-0.15, -0.1) is 0 Å². The first-order chi connectivity index (χ1) is 15.1. The van der Waals surface area contributed by atoms with Gasteiger partial charge in [0.2, 0.25) is 0 Å². The van der Waals surface area contributed by atoms with Crippen LogP contribution >= 0.6 is 11.6 Å². The molecule has 1 aromatic heterocycles. The molecule has 0 atom stereocenters. The molecule has 0 spiro atoms. The van der Waals surface area contributed by atoms with E-state index in [4.69, 9.17) is 11.6 Å². The van der Waals surface area contributed by atoms with Crippen LogP contribution in [0.4, 0.5) is 17.6 Å². The minimum absolute atomic E-state index is 0.00739. The summed E-state index contributed by atoms with van der Waals surface area (Å²) in [6.45, 7) is 1.17. The van der Waals surface area contributed by atoms with Gasteiger partial charge in [-0.05, 0) is 48.6 Å². The third-order valence-electron chi connectivity index (χ3n) is 5.78.